The van der Waals surface area contributed by atoms with Crippen LogP contribution in [0.4, 0.5) is 0 Å². The monoisotopic (exact) mass is 173 g/mol. The van der Waals surface area contributed by atoms with Crippen molar-refractivity contribution in [3.63, 3.8) is 0 Å². The summed E-state index contributed by atoms with van der Waals surface area (Å²) in [5, 5.41) is 8.52. The smallest absolute Gasteiger partial charge is 0.0471 e. The van der Waals surface area contributed by atoms with Crippen LogP contribution in [-0.4, -0.2) is 11.7 Å². The van der Waals surface area contributed by atoms with Crippen molar-refractivity contribution >= 4 is 0 Å². The molecule has 0 atom stereocenters. The first-order chi connectivity index (χ1) is 4.43. The first-order valence-corrected chi connectivity index (χ1v) is 3.08. The summed E-state index contributed by atoms with van der Waals surface area (Å²) in [7, 11) is 0. The van der Waals surface area contributed by atoms with Gasteiger partial charge in [-0.15, -0.1) is 0 Å². The molecule has 1 radical (unpaired) electrons. The molecule has 0 saturated carbocycles. The van der Waals surface area contributed by atoms with E-state index in [-0.39, 0.29) is 25.2 Å². The Morgan fingerprint density at radius 2 is 1.70 bits per heavy atom. The molecule has 0 spiro atoms. The van der Waals surface area contributed by atoms with E-state index >= 15 is 0 Å². The van der Waals surface area contributed by atoms with Crippen LogP contribution < -0.4 is 0 Å². The topological polar surface area (TPSA) is 20.2 Å². The zero-order valence-electron chi connectivity index (χ0n) is 5.70. The van der Waals surface area contributed by atoms with Crippen molar-refractivity contribution in [2.75, 3.05) is 6.61 Å². The molecular weight excluding hydrogens is 163 g/mol. The van der Waals surface area contributed by atoms with E-state index in [1.165, 1.54) is 5.56 Å². The third-order valence-electron chi connectivity index (χ3n) is 1.24. The van der Waals surface area contributed by atoms with Crippen molar-refractivity contribution in [3.05, 3.63) is 35.9 Å². The SMILES string of the molecule is OCCc1ccccc1.[V]. The first kappa shape index (κ1) is 9.76. The van der Waals surface area contributed by atoms with Crippen molar-refractivity contribution in [3.8, 4) is 0 Å². The van der Waals surface area contributed by atoms with Crippen LogP contribution >= 0.6 is 0 Å². The van der Waals surface area contributed by atoms with Gasteiger partial charge in [0.25, 0.3) is 0 Å². The van der Waals surface area contributed by atoms with Gasteiger partial charge >= 0.3 is 0 Å². The Morgan fingerprint density at radius 3 is 2.20 bits per heavy atom. The van der Waals surface area contributed by atoms with Gasteiger partial charge in [0.2, 0.25) is 0 Å². The van der Waals surface area contributed by atoms with Crippen LogP contribution in [0.3, 0.4) is 0 Å². The molecule has 0 aliphatic rings. The van der Waals surface area contributed by atoms with E-state index in [1.54, 1.807) is 0 Å². The van der Waals surface area contributed by atoms with Gasteiger partial charge in [0.15, 0.2) is 0 Å². The Kier molecular flexibility index (Phi) is 5.41. The molecule has 53 valence electrons. The predicted molar refractivity (Wildman–Crippen MR) is 37.2 cm³/mol. The molecule has 0 unspecified atom stereocenters. The summed E-state index contributed by atoms with van der Waals surface area (Å²) in [6.07, 6.45) is 0.765. The number of rotatable bonds is 2. The molecule has 1 nitrogen and oxygen atoms in total. The van der Waals surface area contributed by atoms with Gasteiger partial charge in [-0.25, -0.2) is 0 Å². The molecule has 0 saturated heterocycles. The van der Waals surface area contributed by atoms with Gasteiger partial charge in [-0.1, -0.05) is 30.3 Å². The Morgan fingerprint density at radius 1 is 1.10 bits per heavy atom. The molecule has 0 aliphatic heterocycles. The molecular formula is C8H10OV. The van der Waals surface area contributed by atoms with E-state index in [2.05, 4.69) is 0 Å². The summed E-state index contributed by atoms with van der Waals surface area (Å²) in [5.41, 5.74) is 1.19. The number of benzene rings is 1. The fourth-order valence-corrected chi connectivity index (χ4v) is 0.774. The van der Waals surface area contributed by atoms with Crippen molar-refractivity contribution in [2.24, 2.45) is 0 Å². The second-order valence-electron chi connectivity index (χ2n) is 1.96. The van der Waals surface area contributed by atoms with Crippen molar-refractivity contribution < 1.29 is 23.7 Å². The maximum atomic E-state index is 8.52. The van der Waals surface area contributed by atoms with Crippen LogP contribution in [0.1, 0.15) is 5.56 Å². The maximum Gasteiger partial charge on any atom is 0.0471 e. The van der Waals surface area contributed by atoms with Crippen LogP contribution in [0.2, 0.25) is 0 Å². The zero-order chi connectivity index (χ0) is 6.53. The minimum atomic E-state index is 0. The molecule has 10 heavy (non-hydrogen) atoms. The summed E-state index contributed by atoms with van der Waals surface area (Å²) in [5.74, 6) is 0. The zero-order valence-corrected chi connectivity index (χ0v) is 7.09. The van der Waals surface area contributed by atoms with Gasteiger partial charge in [0.05, 0.1) is 0 Å². The fraction of sp³-hybridized carbons (Fsp3) is 0.250. The van der Waals surface area contributed by atoms with Gasteiger partial charge in [0, 0.05) is 25.2 Å². The van der Waals surface area contributed by atoms with Crippen molar-refractivity contribution in [1.82, 2.24) is 0 Å². The van der Waals surface area contributed by atoms with E-state index in [0.29, 0.717) is 0 Å². The maximum absolute atomic E-state index is 8.52. The van der Waals surface area contributed by atoms with E-state index in [4.69, 9.17) is 5.11 Å². The summed E-state index contributed by atoms with van der Waals surface area (Å²) in [4.78, 5) is 0. The van der Waals surface area contributed by atoms with E-state index in [1.807, 2.05) is 30.3 Å². The Balaban J connectivity index is 0.000000810. The molecule has 0 bridgehead atoms. The van der Waals surface area contributed by atoms with E-state index in [0.717, 1.165) is 6.42 Å². The van der Waals surface area contributed by atoms with Gasteiger partial charge in [-0.05, 0) is 12.0 Å². The number of hydrogen-bond donors (Lipinski definition) is 1. The third kappa shape index (κ3) is 3.07. The Hall–Kier alpha value is -0.236. The molecule has 1 aromatic rings. The molecule has 0 aromatic heterocycles. The fourth-order valence-electron chi connectivity index (χ4n) is 0.774. The quantitative estimate of drug-likeness (QED) is 0.712. The normalized spacial score (nSPS) is 8.50. The van der Waals surface area contributed by atoms with Crippen LogP contribution in [0.25, 0.3) is 0 Å². The standard InChI is InChI=1S/C8H10O.V/c9-7-6-8-4-2-1-3-5-8;/h1-5,9H,6-7H2;. The van der Waals surface area contributed by atoms with Crippen LogP contribution in [0, 0.1) is 0 Å². The number of hydrogen-bond acceptors (Lipinski definition) is 1. The minimum Gasteiger partial charge on any atom is -0.396 e. The number of aliphatic hydroxyl groups excluding tert-OH is 1. The minimum absolute atomic E-state index is 0. The molecule has 1 aromatic carbocycles. The molecule has 1 rings (SSSR count). The van der Waals surface area contributed by atoms with Crippen molar-refractivity contribution in [1.29, 1.82) is 0 Å². The van der Waals surface area contributed by atoms with Gasteiger partial charge in [-0.2, -0.15) is 0 Å². The average Bonchev–Trinajstić information content (AvgIpc) is 1.91. The predicted octanol–water partition coefficient (Wildman–Crippen LogP) is 1.22. The average molecular weight is 173 g/mol. The molecule has 0 aliphatic carbocycles. The van der Waals surface area contributed by atoms with Gasteiger partial charge in [0.1, 0.15) is 0 Å². The second kappa shape index (κ2) is 5.54. The first-order valence-electron chi connectivity index (χ1n) is 3.08. The molecule has 1 N–H and O–H groups in total. The van der Waals surface area contributed by atoms with Gasteiger partial charge < -0.3 is 5.11 Å². The van der Waals surface area contributed by atoms with E-state index in [9.17, 15) is 0 Å². The molecule has 0 amide bonds. The van der Waals surface area contributed by atoms with Crippen molar-refractivity contribution in [2.45, 2.75) is 6.42 Å². The van der Waals surface area contributed by atoms with Crippen LogP contribution in [0.5, 0.6) is 0 Å². The second-order valence-corrected chi connectivity index (χ2v) is 1.96. The van der Waals surface area contributed by atoms with Gasteiger partial charge in [-0.3, -0.25) is 0 Å². The summed E-state index contributed by atoms with van der Waals surface area (Å²) in [6.45, 7) is 0.240. The molecule has 0 heterocycles. The van der Waals surface area contributed by atoms with E-state index < -0.39 is 0 Å². The molecule has 0 fully saturated rings. The number of aliphatic hydroxyl groups is 1. The van der Waals surface area contributed by atoms with Crippen LogP contribution in [0.15, 0.2) is 30.3 Å². The summed E-state index contributed by atoms with van der Waals surface area (Å²) in [6, 6.07) is 9.95. The summed E-state index contributed by atoms with van der Waals surface area (Å²) < 4.78 is 0. The summed E-state index contributed by atoms with van der Waals surface area (Å²) >= 11 is 0. The third-order valence-corrected chi connectivity index (χ3v) is 1.24. The largest absolute Gasteiger partial charge is 0.396 e. The molecule has 2 heteroatoms. The Bertz CT molecular complexity index is 162. The van der Waals surface area contributed by atoms with Crippen LogP contribution in [-0.2, 0) is 25.0 Å². The Labute approximate surface area is 73.0 Å².